The summed E-state index contributed by atoms with van der Waals surface area (Å²) in [4.78, 5) is 18.8. The van der Waals surface area contributed by atoms with E-state index in [1.165, 1.54) is 12.3 Å². The Kier molecular flexibility index (Phi) is 3.00. The molecule has 17 heavy (non-hydrogen) atoms. The number of nitrogens with zero attached hydrogens (tertiary/aromatic N) is 2. The molecule has 0 amide bonds. The molecule has 2 aromatic rings. The van der Waals surface area contributed by atoms with Crippen LogP contribution in [0.5, 0.6) is 5.88 Å². The normalized spacial score (nSPS) is 9.94. The zero-order valence-corrected chi connectivity index (χ0v) is 9.12. The Morgan fingerprint density at radius 2 is 2.00 bits per heavy atom. The van der Waals surface area contributed by atoms with Crippen LogP contribution in [-0.4, -0.2) is 28.2 Å². The zero-order valence-electron chi connectivity index (χ0n) is 9.12. The van der Waals surface area contributed by atoms with E-state index >= 15 is 0 Å². The Balaban J connectivity index is 2.29. The molecule has 2 heterocycles. The summed E-state index contributed by atoms with van der Waals surface area (Å²) < 4.78 is 4.95. The van der Waals surface area contributed by atoms with Crippen molar-refractivity contribution in [1.82, 2.24) is 9.97 Å². The van der Waals surface area contributed by atoms with Crippen molar-refractivity contribution in [2.75, 3.05) is 7.11 Å². The van der Waals surface area contributed by atoms with Gasteiger partial charge in [0.2, 0.25) is 5.88 Å². The molecule has 0 aliphatic heterocycles. The minimum atomic E-state index is -0.989. The summed E-state index contributed by atoms with van der Waals surface area (Å²) in [5.41, 5.74) is 1.64. The summed E-state index contributed by atoms with van der Waals surface area (Å²) in [7, 11) is 1.54. The second kappa shape index (κ2) is 4.61. The first-order valence-corrected chi connectivity index (χ1v) is 4.90. The fourth-order valence-electron chi connectivity index (χ4n) is 1.34. The largest absolute Gasteiger partial charge is 0.481 e. The molecule has 5 nitrogen and oxygen atoms in total. The number of hydrogen-bond donors (Lipinski definition) is 1. The van der Waals surface area contributed by atoms with Gasteiger partial charge < -0.3 is 9.84 Å². The molecule has 0 aliphatic rings. The lowest BCUT2D eigenvalue weighted by Crippen LogP contribution is -1.97. The molecule has 2 rings (SSSR count). The third-order valence-electron chi connectivity index (χ3n) is 2.25. The lowest BCUT2D eigenvalue weighted by atomic mass is 10.1. The lowest BCUT2D eigenvalue weighted by molar-refractivity contribution is 0.0696. The van der Waals surface area contributed by atoms with Gasteiger partial charge in [0.25, 0.3) is 0 Å². The van der Waals surface area contributed by atoms with E-state index in [0.29, 0.717) is 11.6 Å². The predicted molar refractivity (Wildman–Crippen MR) is 61.0 cm³/mol. The van der Waals surface area contributed by atoms with Crippen LogP contribution in [0, 0.1) is 0 Å². The highest BCUT2D eigenvalue weighted by Crippen LogP contribution is 2.18. The molecule has 1 N–H and O–H groups in total. The molecule has 0 spiro atoms. The molecule has 0 bridgehead atoms. The van der Waals surface area contributed by atoms with Crippen LogP contribution >= 0.6 is 0 Å². The van der Waals surface area contributed by atoms with Crippen LogP contribution in [0.4, 0.5) is 0 Å². The highest BCUT2D eigenvalue weighted by molar-refractivity contribution is 5.87. The minimum absolute atomic E-state index is 0.162. The van der Waals surface area contributed by atoms with Gasteiger partial charge in [0.15, 0.2) is 0 Å². The minimum Gasteiger partial charge on any atom is -0.481 e. The summed E-state index contributed by atoms with van der Waals surface area (Å²) >= 11 is 0. The van der Waals surface area contributed by atoms with Crippen LogP contribution in [0.25, 0.3) is 11.3 Å². The first kappa shape index (κ1) is 11.1. The Hall–Kier alpha value is -2.43. The zero-order chi connectivity index (χ0) is 12.3. The number of carbonyl (C=O) groups is 1. The predicted octanol–water partition coefficient (Wildman–Crippen LogP) is 1.85. The molecular formula is C12H10N2O3. The van der Waals surface area contributed by atoms with Crippen molar-refractivity contribution in [2.24, 2.45) is 0 Å². The monoisotopic (exact) mass is 230 g/mol. The van der Waals surface area contributed by atoms with Crippen LogP contribution in [0.1, 0.15) is 10.4 Å². The van der Waals surface area contributed by atoms with Gasteiger partial charge in [0.1, 0.15) is 0 Å². The summed E-state index contributed by atoms with van der Waals surface area (Å²) in [5.74, 6) is -0.465. The van der Waals surface area contributed by atoms with Crippen molar-refractivity contribution in [3.63, 3.8) is 0 Å². The number of carboxylic acid groups (broad SMARTS) is 1. The highest BCUT2D eigenvalue weighted by Gasteiger charge is 2.04. The second-order valence-electron chi connectivity index (χ2n) is 3.33. The number of carboxylic acids is 1. The van der Waals surface area contributed by atoms with Crippen LogP contribution < -0.4 is 4.74 Å². The number of rotatable bonds is 3. The van der Waals surface area contributed by atoms with Gasteiger partial charge in [0, 0.05) is 24.0 Å². The standard InChI is InChI=1S/C12H10N2O3/c1-17-11-5-3-8(6-14-11)10-4-2-9(7-13-10)12(15)16/h2-7H,1H3,(H,15,16). The molecule has 0 saturated heterocycles. The molecular weight excluding hydrogens is 220 g/mol. The van der Waals surface area contributed by atoms with Gasteiger partial charge in [0.05, 0.1) is 18.4 Å². The van der Waals surface area contributed by atoms with E-state index in [2.05, 4.69) is 9.97 Å². The van der Waals surface area contributed by atoms with Gasteiger partial charge in [-0.25, -0.2) is 9.78 Å². The van der Waals surface area contributed by atoms with Crippen molar-refractivity contribution in [3.8, 4) is 17.1 Å². The maximum Gasteiger partial charge on any atom is 0.337 e. The number of aromatic carboxylic acids is 1. The van der Waals surface area contributed by atoms with Crippen LogP contribution in [0.2, 0.25) is 0 Å². The summed E-state index contributed by atoms with van der Waals surface area (Å²) in [6, 6.07) is 6.69. The van der Waals surface area contributed by atoms with E-state index in [1.807, 2.05) is 6.07 Å². The van der Waals surface area contributed by atoms with Gasteiger partial charge in [-0.1, -0.05) is 0 Å². The molecule has 2 aromatic heterocycles. The Morgan fingerprint density at radius 3 is 2.47 bits per heavy atom. The van der Waals surface area contributed by atoms with Crippen molar-refractivity contribution >= 4 is 5.97 Å². The van der Waals surface area contributed by atoms with Gasteiger partial charge in [-0.05, 0) is 18.2 Å². The van der Waals surface area contributed by atoms with E-state index in [9.17, 15) is 4.79 Å². The first-order chi connectivity index (χ1) is 8.20. The topological polar surface area (TPSA) is 72.3 Å². The lowest BCUT2D eigenvalue weighted by Gasteiger charge is -2.02. The molecule has 0 unspecified atom stereocenters. The molecule has 0 atom stereocenters. The Bertz CT molecular complexity index is 520. The van der Waals surface area contributed by atoms with Crippen molar-refractivity contribution < 1.29 is 14.6 Å². The van der Waals surface area contributed by atoms with Crippen LogP contribution in [0.3, 0.4) is 0 Å². The number of hydrogen-bond acceptors (Lipinski definition) is 4. The van der Waals surface area contributed by atoms with Crippen molar-refractivity contribution in [1.29, 1.82) is 0 Å². The fourth-order valence-corrected chi connectivity index (χ4v) is 1.34. The maximum atomic E-state index is 10.7. The van der Waals surface area contributed by atoms with Crippen LogP contribution in [-0.2, 0) is 0 Å². The molecule has 0 aromatic carbocycles. The summed E-state index contributed by atoms with van der Waals surface area (Å²) in [6.07, 6.45) is 2.95. The third kappa shape index (κ3) is 2.39. The third-order valence-corrected chi connectivity index (χ3v) is 2.25. The fraction of sp³-hybridized carbons (Fsp3) is 0.0833. The van der Waals surface area contributed by atoms with E-state index in [4.69, 9.17) is 9.84 Å². The second-order valence-corrected chi connectivity index (χ2v) is 3.33. The van der Waals surface area contributed by atoms with Crippen LogP contribution in [0.15, 0.2) is 36.7 Å². The number of aromatic nitrogens is 2. The van der Waals surface area contributed by atoms with E-state index < -0.39 is 5.97 Å². The molecule has 0 fully saturated rings. The summed E-state index contributed by atoms with van der Waals surface area (Å²) in [5, 5.41) is 8.75. The Morgan fingerprint density at radius 1 is 1.18 bits per heavy atom. The first-order valence-electron chi connectivity index (χ1n) is 4.90. The van der Waals surface area contributed by atoms with E-state index in [-0.39, 0.29) is 5.56 Å². The van der Waals surface area contributed by atoms with E-state index in [0.717, 1.165) is 5.56 Å². The van der Waals surface area contributed by atoms with Gasteiger partial charge in [-0.3, -0.25) is 4.98 Å². The average molecular weight is 230 g/mol. The molecule has 0 radical (unpaired) electrons. The molecule has 5 heteroatoms. The van der Waals surface area contributed by atoms with Crippen molar-refractivity contribution in [3.05, 3.63) is 42.2 Å². The number of pyridine rings is 2. The molecule has 0 aliphatic carbocycles. The van der Waals surface area contributed by atoms with Crippen molar-refractivity contribution in [2.45, 2.75) is 0 Å². The number of ether oxygens (including phenoxy) is 1. The smallest absolute Gasteiger partial charge is 0.337 e. The highest BCUT2D eigenvalue weighted by atomic mass is 16.5. The number of methoxy groups -OCH3 is 1. The summed E-state index contributed by atoms with van der Waals surface area (Å²) in [6.45, 7) is 0. The van der Waals surface area contributed by atoms with E-state index in [1.54, 1.807) is 25.4 Å². The van der Waals surface area contributed by atoms with Gasteiger partial charge >= 0.3 is 5.97 Å². The SMILES string of the molecule is COc1ccc(-c2ccc(C(=O)O)cn2)cn1. The molecule has 86 valence electrons. The van der Waals surface area contributed by atoms with Gasteiger partial charge in [-0.15, -0.1) is 0 Å². The molecule has 0 saturated carbocycles. The maximum absolute atomic E-state index is 10.7. The quantitative estimate of drug-likeness (QED) is 0.871. The Labute approximate surface area is 97.7 Å². The van der Waals surface area contributed by atoms with Gasteiger partial charge in [-0.2, -0.15) is 0 Å². The average Bonchev–Trinajstić information content (AvgIpc) is 2.39.